The monoisotopic (exact) mass is 341 g/mol. The van der Waals surface area contributed by atoms with Gasteiger partial charge in [-0.1, -0.05) is 43.7 Å². The van der Waals surface area contributed by atoms with Crippen molar-refractivity contribution in [2.24, 2.45) is 5.92 Å². The standard InChI is InChI=1S/C18H19N3O2S/c1-10(2)15(18(22)23)21-16-13-8-14(24-17(13)20-9-19-16)12-6-4-11(3)5-7-12/h4-10,15H,1-3H3,(H,22,23)(H,19,20,21). The van der Waals surface area contributed by atoms with E-state index in [2.05, 4.69) is 46.5 Å². The number of hydrogen-bond donors (Lipinski definition) is 2. The van der Waals surface area contributed by atoms with Crippen LogP contribution in [0.5, 0.6) is 0 Å². The lowest BCUT2D eigenvalue weighted by Crippen LogP contribution is -2.34. The third-order valence-electron chi connectivity index (χ3n) is 3.89. The molecule has 3 aromatic rings. The number of carbonyl (C=O) groups is 1. The van der Waals surface area contributed by atoms with E-state index in [1.165, 1.54) is 11.9 Å². The second-order valence-electron chi connectivity index (χ2n) is 6.12. The van der Waals surface area contributed by atoms with Crippen molar-refractivity contribution in [2.75, 3.05) is 5.32 Å². The average Bonchev–Trinajstić information content (AvgIpc) is 2.97. The van der Waals surface area contributed by atoms with Crippen molar-refractivity contribution in [2.45, 2.75) is 26.8 Å². The first kappa shape index (κ1) is 16.4. The van der Waals surface area contributed by atoms with Gasteiger partial charge in [-0.15, -0.1) is 11.3 Å². The van der Waals surface area contributed by atoms with E-state index in [1.54, 1.807) is 11.3 Å². The number of carboxylic acid groups (broad SMARTS) is 1. The van der Waals surface area contributed by atoms with E-state index < -0.39 is 12.0 Å². The first-order chi connectivity index (χ1) is 11.5. The molecule has 0 amide bonds. The number of aryl methyl sites for hydroxylation is 1. The Kier molecular flexibility index (Phi) is 4.49. The van der Waals surface area contributed by atoms with Crippen LogP contribution in [0.2, 0.25) is 0 Å². The molecule has 0 spiro atoms. The lowest BCUT2D eigenvalue weighted by molar-refractivity contribution is -0.138. The second-order valence-corrected chi connectivity index (χ2v) is 7.15. The van der Waals surface area contributed by atoms with Crippen LogP contribution < -0.4 is 5.32 Å². The van der Waals surface area contributed by atoms with E-state index in [-0.39, 0.29) is 5.92 Å². The fourth-order valence-electron chi connectivity index (χ4n) is 2.49. The maximum Gasteiger partial charge on any atom is 0.326 e. The fraction of sp³-hybridized carbons (Fsp3) is 0.278. The average molecular weight is 341 g/mol. The molecule has 2 N–H and O–H groups in total. The summed E-state index contributed by atoms with van der Waals surface area (Å²) in [6, 6.07) is 9.63. The molecular weight excluding hydrogens is 322 g/mol. The number of rotatable bonds is 5. The number of fused-ring (bicyclic) bond motifs is 1. The van der Waals surface area contributed by atoms with Crippen molar-refractivity contribution in [1.82, 2.24) is 9.97 Å². The van der Waals surface area contributed by atoms with Crippen LogP contribution in [-0.4, -0.2) is 27.1 Å². The second kappa shape index (κ2) is 6.57. The van der Waals surface area contributed by atoms with Crippen molar-refractivity contribution < 1.29 is 9.90 Å². The van der Waals surface area contributed by atoms with Gasteiger partial charge in [0, 0.05) is 4.88 Å². The Morgan fingerprint density at radius 3 is 2.54 bits per heavy atom. The largest absolute Gasteiger partial charge is 0.480 e. The summed E-state index contributed by atoms with van der Waals surface area (Å²) in [4.78, 5) is 21.9. The number of nitrogens with zero attached hydrogens (tertiary/aromatic N) is 2. The van der Waals surface area contributed by atoms with Crippen LogP contribution in [0.1, 0.15) is 19.4 Å². The van der Waals surface area contributed by atoms with Crippen molar-refractivity contribution >= 4 is 33.3 Å². The molecule has 0 aliphatic rings. The summed E-state index contributed by atoms with van der Waals surface area (Å²) >= 11 is 1.58. The Balaban J connectivity index is 2.01. The first-order valence-corrected chi connectivity index (χ1v) is 8.58. The molecule has 2 heterocycles. The topological polar surface area (TPSA) is 75.1 Å². The number of thiophene rings is 1. The summed E-state index contributed by atoms with van der Waals surface area (Å²) < 4.78 is 0. The number of hydrogen-bond acceptors (Lipinski definition) is 5. The summed E-state index contributed by atoms with van der Waals surface area (Å²) in [6.07, 6.45) is 1.47. The maximum atomic E-state index is 11.4. The van der Waals surface area contributed by atoms with Gasteiger partial charge < -0.3 is 10.4 Å². The van der Waals surface area contributed by atoms with Gasteiger partial charge in [-0.2, -0.15) is 0 Å². The highest BCUT2D eigenvalue weighted by atomic mass is 32.1. The molecule has 3 rings (SSSR count). The van der Waals surface area contributed by atoms with Gasteiger partial charge in [0.1, 0.15) is 23.0 Å². The molecule has 2 aromatic heterocycles. The van der Waals surface area contributed by atoms with Crippen LogP contribution >= 0.6 is 11.3 Å². The van der Waals surface area contributed by atoms with Gasteiger partial charge in [-0.3, -0.25) is 0 Å². The van der Waals surface area contributed by atoms with Crippen LogP contribution in [0, 0.1) is 12.8 Å². The molecule has 0 fully saturated rings. The molecule has 124 valence electrons. The minimum atomic E-state index is -0.884. The highest BCUT2D eigenvalue weighted by molar-refractivity contribution is 7.21. The number of anilines is 1. The number of carboxylic acids is 1. The number of aromatic nitrogens is 2. The van der Waals surface area contributed by atoms with Crippen molar-refractivity contribution in [1.29, 1.82) is 0 Å². The van der Waals surface area contributed by atoms with Crippen molar-refractivity contribution in [3.63, 3.8) is 0 Å². The third-order valence-corrected chi connectivity index (χ3v) is 4.98. The molecule has 24 heavy (non-hydrogen) atoms. The van der Waals surface area contributed by atoms with E-state index in [1.807, 2.05) is 19.9 Å². The molecule has 0 saturated carbocycles. The molecule has 0 aliphatic heterocycles. The van der Waals surface area contributed by atoms with E-state index in [9.17, 15) is 9.90 Å². The van der Waals surface area contributed by atoms with E-state index in [0.717, 1.165) is 20.7 Å². The summed E-state index contributed by atoms with van der Waals surface area (Å²) in [6.45, 7) is 5.80. The smallest absolute Gasteiger partial charge is 0.326 e. The Bertz CT molecular complexity index is 872. The lowest BCUT2D eigenvalue weighted by Gasteiger charge is -2.18. The Hall–Kier alpha value is -2.47. The maximum absolute atomic E-state index is 11.4. The molecule has 1 aromatic carbocycles. The molecule has 1 atom stereocenters. The van der Waals surface area contributed by atoms with E-state index >= 15 is 0 Å². The highest BCUT2D eigenvalue weighted by Crippen LogP contribution is 2.35. The molecule has 0 aliphatic carbocycles. The summed E-state index contributed by atoms with van der Waals surface area (Å²) in [7, 11) is 0. The van der Waals surface area contributed by atoms with Crippen molar-refractivity contribution in [3.8, 4) is 10.4 Å². The van der Waals surface area contributed by atoms with Gasteiger partial charge in [-0.25, -0.2) is 14.8 Å². The van der Waals surface area contributed by atoms with Crippen molar-refractivity contribution in [3.05, 3.63) is 42.2 Å². The lowest BCUT2D eigenvalue weighted by atomic mass is 10.0. The van der Waals surface area contributed by atoms with Crippen LogP contribution in [0.3, 0.4) is 0 Å². The number of benzene rings is 1. The SMILES string of the molecule is Cc1ccc(-c2cc3c(NC(C(=O)O)C(C)C)ncnc3s2)cc1. The number of nitrogens with one attached hydrogen (secondary N) is 1. The zero-order valence-corrected chi connectivity index (χ0v) is 14.6. The van der Waals surface area contributed by atoms with E-state index in [4.69, 9.17) is 0 Å². The van der Waals surface area contributed by atoms with Crippen LogP contribution in [0.15, 0.2) is 36.7 Å². The normalized spacial score (nSPS) is 12.5. The van der Waals surface area contributed by atoms with Crippen LogP contribution in [0.25, 0.3) is 20.7 Å². The number of aliphatic carboxylic acids is 1. The van der Waals surface area contributed by atoms with Gasteiger partial charge in [0.15, 0.2) is 0 Å². The minimum Gasteiger partial charge on any atom is -0.480 e. The highest BCUT2D eigenvalue weighted by Gasteiger charge is 2.23. The summed E-state index contributed by atoms with van der Waals surface area (Å²) in [5, 5.41) is 13.3. The summed E-state index contributed by atoms with van der Waals surface area (Å²) in [5.74, 6) is -0.371. The first-order valence-electron chi connectivity index (χ1n) is 7.76. The van der Waals surface area contributed by atoms with Crippen LogP contribution in [0.4, 0.5) is 5.82 Å². The van der Waals surface area contributed by atoms with Gasteiger partial charge in [0.2, 0.25) is 0 Å². The molecule has 5 nitrogen and oxygen atoms in total. The quantitative estimate of drug-likeness (QED) is 0.728. The Labute approximate surface area is 144 Å². The molecule has 0 bridgehead atoms. The molecule has 1 unspecified atom stereocenters. The van der Waals surface area contributed by atoms with Gasteiger partial charge in [0.25, 0.3) is 0 Å². The predicted molar refractivity (Wildman–Crippen MR) is 97.5 cm³/mol. The molecule has 0 radical (unpaired) electrons. The zero-order chi connectivity index (χ0) is 17.3. The molecule has 6 heteroatoms. The molecular formula is C18H19N3O2S. The Morgan fingerprint density at radius 2 is 1.92 bits per heavy atom. The summed E-state index contributed by atoms with van der Waals surface area (Å²) in [5.41, 5.74) is 2.33. The third kappa shape index (κ3) is 3.23. The Morgan fingerprint density at radius 1 is 1.21 bits per heavy atom. The van der Waals surface area contributed by atoms with Crippen LogP contribution in [-0.2, 0) is 4.79 Å². The van der Waals surface area contributed by atoms with Gasteiger partial charge in [0.05, 0.1) is 5.39 Å². The van der Waals surface area contributed by atoms with E-state index in [0.29, 0.717) is 5.82 Å². The predicted octanol–water partition coefficient (Wildman–Crippen LogP) is 4.19. The van der Waals surface area contributed by atoms with Gasteiger partial charge in [-0.05, 0) is 24.5 Å². The zero-order valence-electron chi connectivity index (χ0n) is 13.8. The minimum absolute atomic E-state index is 0.0530. The van der Waals surface area contributed by atoms with Gasteiger partial charge >= 0.3 is 5.97 Å². The fourth-order valence-corrected chi connectivity index (χ4v) is 3.50. The molecule has 0 saturated heterocycles.